The largest absolute Gasteiger partial charge is 0.511 e. The Morgan fingerprint density at radius 3 is 2.23 bits per heavy atom. The lowest BCUT2D eigenvalue weighted by atomic mass is 9.75. The number of furan rings is 1. The molecule has 310 valence electrons. The van der Waals surface area contributed by atoms with Crippen molar-refractivity contribution in [1.29, 1.82) is 0 Å². The number of carbonyl (C=O) groups is 5. The van der Waals surface area contributed by atoms with Gasteiger partial charge in [-0.1, -0.05) is 0 Å². The molecule has 2 saturated carbocycles. The summed E-state index contributed by atoms with van der Waals surface area (Å²) in [5.41, 5.74) is 0.135. The van der Waals surface area contributed by atoms with Crippen molar-refractivity contribution in [2.45, 2.75) is 136 Å². The summed E-state index contributed by atoms with van der Waals surface area (Å²) in [6, 6.07) is 5.06. The molecule has 2 aliphatic carbocycles. The van der Waals surface area contributed by atoms with Gasteiger partial charge < -0.3 is 43.6 Å². The zero-order valence-electron chi connectivity index (χ0n) is 33.6. The number of fused-ring (bicyclic) bond motifs is 1. The van der Waals surface area contributed by atoms with Crippen LogP contribution in [0.3, 0.4) is 0 Å². The summed E-state index contributed by atoms with van der Waals surface area (Å²) in [6.45, 7) is 9.68. The van der Waals surface area contributed by atoms with Gasteiger partial charge in [0.15, 0.2) is 0 Å². The van der Waals surface area contributed by atoms with Gasteiger partial charge in [-0.25, -0.2) is 18.8 Å². The summed E-state index contributed by atoms with van der Waals surface area (Å²) in [5, 5.41) is 6.25. The Hall–Kier alpha value is -4.40. The van der Waals surface area contributed by atoms with Gasteiger partial charge in [0.1, 0.15) is 23.9 Å². The molecule has 2 aromatic rings. The van der Waals surface area contributed by atoms with Crippen LogP contribution in [0.25, 0.3) is 11.0 Å². The molecule has 1 aromatic carbocycles. The smallest absolute Gasteiger partial charge is 0.449 e. The van der Waals surface area contributed by atoms with Gasteiger partial charge in [0.25, 0.3) is 0 Å². The normalized spacial score (nSPS) is 25.3. The van der Waals surface area contributed by atoms with E-state index in [2.05, 4.69) is 10.6 Å². The highest BCUT2D eigenvalue weighted by atomic mass is 19.1. The maximum absolute atomic E-state index is 14.3. The van der Waals surface area contributed by atoms with E-state index < -0.39 is 55.0 Å². The summed E-state index contributed by atoms with van der Waals surface area (Å²) < 4.78 is 45.8. The fourth-order valence-corrected chi connectivity index (χ4v) is 8.42. The van der Waals surface area contributed by atoms with Crippen molar-refractivity contribution in [2.75, 3.05) is 25.6 Å². The zero-order valence-corrected chi connectivity index (χ0v) is 33.6. The van der Waals surface area contributed by atoms with Gasteiger partial charge in [0, 0.05) is 37.6 Å². The van der Waals surface area contributed by atoms with Crippen molar-refractivity contribution < 1.29 is 56.5 Å². The Labute approximate surface area is 327 Å². The molecule has 3 aliphatic rings. The lowest BCUT2D eigenvalue weighted by molar-refractivity contribution is -0.142. The molecule has 56 heavy (non-hydrogen) atoms. The van der Waals surface area contributed by atoms with Crippen LogP contribution in [0.5, 0.6) is 0 Å². The second-order valence-electron chi connectivity index (χ2n) is 16.6. The lowest BCUT2D eigenvalue weighted by Crippen LogP contribution is -2.50. The number of rotatable bonds is 12. The van der Waals surface area contributed by atoms with Crippen LogP contribution in [0.2, 0.25) is 0 Å². The van der Waals surface area contributed by atoms with Gasteiger partial charge in [0.2, 0.25) is 23.9 Å². The number of nitrogens with zero attached hydrogens (tertiary/aromatic N) is 1. The molecule has 2 heterocycles. The van der Waals surface area contributed by atoms with Crippen LogP contribution < -0.4 is 10.6 Å². The molecule has 14 nitrogen and oxygen atoms in total. The molecule has 2 N–H and O–H groups in total. The van der Waals surface area contributed by atoms with Crippen LogP contribution in [0, 0.1) is 23.7 Å². The van der Waals surface area contributed by atoms with Crippen LogP contribution in [0.15, 0.2) is 28.7 Å². The van der Waals surface area contributed by atoms with Crippen molar-refractivity contribution in [2.24, 2.45) is 23.7 Å². The maximum atomic E-state index is 14.3. The highest BCUT2D eigenvalue weighted by Gasteiger charge is 2.47. The molecule has 1 aromatic heterocycles. The quantitative estimate of drug-likeness (QED) is 0.124. The second-order valence-corrected chi connectivity index (χ2v) is 16.6. The molecule has 1 aliphatic heterocycles. The molecule has 3 amide bonds. The third-order valence-corrected chi connectivity index (χ3v) is 11.1. The summed E-state index contributed by atoms with van der Waals surface area (Å²) in [7, 11) is 1.72. The molecule has 3 fully saturated rings. The number of methoxy groups -OCH3 is 1. The van der Waals surface area contributed by atoms with Crippen molar-refractivity contribution >= 4 is 46.7 Å². The topological polar surface area (TPSA) is 172 Å². The number of alkyl carbamates (subject to hydrolysis) is 1. The maximum Gasteiger partial charge on any atom is 0.511 e. The highest BCUT2D eigenvalue weighted by molar-refractivity contribution is 6.00. The zero-order chi connectivity index (χ0) is 40.7. The minimum Gasteiger partial charge on any atom is -0.449 e. The Kier molecular flexibility index (Phi) is 14.3. The number of nitrogens with one attached hydrogen (secondary N) is 2. The summed E-state index contributed by atoms with van der Waals surface area (Å²) in [6.07, 6.45) is 3.40. The van der Waals surface area contributed by atoms with E-state index in [1.807, 2.05) is 0 Å². The van der Waals surface area contributed by atoms with Crippen LogP contribution in [0.1, 0.15) is 110 Å². The molecule has 5 rings (SSSR count). The number of anilines is 1. The van der Waals surface area contributed by atoms with Crippen LogP contribution in [-0.4, -0.2) is 91.4 Å². The van der Waals surface area contributed by atoms with Gasteiger partial charge in [-0.05, 0) is 134 Å². The van der Waals surface area contributed by atoms with Gasteiger partial charge in [-0.2, -0.15) is 0 Å². The lowest BCUT2D eigenvalue weighted by Gasteiger charge is -2.38. The second kappa shape index (κ2) is 18.7. The minimum absolute atomic E-state index is 0.0388. The minimum atomic E-state index is -1.23. The van der Waals surface area contributed by atoms with Crippen molar-refractivity contribution in [1.82, 2.24) is 10.2 Å². The number of halogens is 1. The van der Waals surface area contributed by atoms with Crippen molar-refractivity contribution in [3.05, 3.63) is 30.0 Å². The Balaban J connectivity index is 1.26. The van der Waals surface area contributed by atoms with E-state index in [9.17, 15) is 28.4 Å². The first-order valence-corrected chi connectivity index (χ1v) is 19.9. The summed E-state index contributed by atoms with van der Waals surface area (Å²) in [5.74, 6) is -1.58. The molecular formula is C41H58FN3O11. The molecule has 0 spiro atoms. The van der Waals surface area contributed by atoms with Crippen molar-refractivity contribution in [3.63, 3.8) is 0 Å². The molecule has 4 atom stereocenters. The third-order valence-electron chi connectivity index (χ3n) is 11.1. The number of hydrogen-bond donors (Lipinski definition) is 2. The summed E-state index contributed by atoms with van der Waals surface area (Å²) >= 11 is 0. The molecule has 0 bridgehead atoms. The number of alkyl halides is 1. The van der Waals surface area contributed by atoms with E-state index in [-0.39, 0.29) is 47.4 Å². The van der Waals surface area contributed by atoms with Gasteiger partial charge in [-0.15, -0.1) is 0 Å². The first-order chi connectivity index (χ1) is 26.5. The number of amides is 3. The van der Waals surface area contributed by atoms with E-state index >= 15 is 0 Å². The molecule has 1 unspecified atom stereocenters. The average molecular weight is 788 g/mol. The van der Waals surface area contributed by atoms with Crippen LogP contribution in [-0.2, 0) is 33.3 Å². The Morgan fingerprint density at radius 1 is 0.911 bits per heavy atom. The van der Waals surface area contributed by atoms with Crippen molar-refractivity contribution in [3.8, 4) is 0 Å². The number of carbonyl (C=O) groups excluding carboxylic acids is 5. The third kappa shape index (κ3) is 11.1. The molecule has 1 saturated heterocycles. The SMILES string of the molecule is CO[C@H]1CC[C@H]([C@@H]2CCN(C(=O)[C@H]3CC[C@H]([C@@H](CF)NC(=O)OC(C)(C)C)CC3)[C@@H]2C(=O)Nc2ccc3oc(C(=O)OC(C)OC(=O)OC(C)C)cc3c2)CC1. The highest BCUT2D eigenvalue weighted by Crippen LogP contribution is 2.42. The fourth-order valence-electron chi connectivity index (χ4n) is 8.42. The predicted octanol–water partition coefficient (Wildman–Crippen LogP) is 7.53. The average Bonchev–Trinajstić information content (AvgIpc) is 3.78. The first-order valence-electron chi connectivity index (χ1n) is 19.9. The van der Waals surface area contributed by atoms with Gasteiger partial charge >= 0.3 is 18.2 Å². The van der Waals surface area contributed by atoms with E-state index in [1.54, 1.807) is 64.8 Å². The van der Waals surface area contributed by atoms with E-state index in [0.717, 1.165) is 25.7 Å². The Morgan fingerprint density at radius 2 is 1.61 bits per heavy atom. The van der Waals surface area contributed by atoms with Crippen LogP contribution >= 0.6 is 0 Å². The number of likely N-dealkylation sites (tertiary alicyclic amines) is 1. The molecular weight excluding hydrogens is 729 g/mol. The Bertz CT molecular complexity index is 1690. The number of benzene rings is 1. The number of hydrogen-bond acceptors (Lipinski definition) is 11. The molecule has 0 radical (unpaired) electrons. The summed E-state index contributed by atoms with van der Waals surface area (Å²) in [4.78, 5) is 67.3. The van der Waals surface area contributed by atoms with E-state index in [4.69, 9.17) is 28.1 Å². The number of ether oxygens (including phenoxy) is 5. The van der Waals surface area contributed by atoms with Gasteiger partial charge in [0.05, 0.1) is 18.2 Å². The molecule has 15 heteroatoms. The number of esters is 1. The fraction of sp³-hybridized carbons (Fsp3) is 0.683. The monoisotopic (exact) mass is 787 g/mol. The first kappa shape index (κ1) is 42.7. The van der Waals surface area contributed by atoms with Gasteiger partial charge in [-0.3, -0.25) is 9.59 Å². The van der Waals surface area contributed by atoms with Crippen LogP contribution in [0.4, 0.5) is 19.7 Å². The van der Waals surface area contributed by atoms with E-state index in [1.165, 1.54) is 13.0 Å². The van der Waals surface area contributed by atoms with E-state index in [0.29, 0.717) is 55.3 Å². The predicted molar refractivity (Wildman–Crippen MR) is 203 cm³/mol. The standard InChI is InChI=1S/C41H58FN3O11/c1-23(2)52-40(50)54-24(3)53-38(48)34-21-28-20-29(14-17-33(28)55-34)43-36(46)35-31(25-12-15-30(51-7)16-13-25)18-19-45(35)37(47)27-10-8-26(9-11-27)32(22-42)44-39(49)56-41(4,5)6/h14,17,20-21,23-27,30-32,35H,8-13,15-16,18-19,22H2,1-7H3,(H,43,46)(H,44,49)/t24?,25-,26-,27-,30-,31-,32+,35-/m0/s1.